The van der Waals surface area contributed by atoms with Crippen LogP contribution in [0.5, 0.6) is 0 Å². The predicted molar refractivity (Wildman–Crippen MR) is 70.5 cm³/mol. The molecule has 0 spiro atoms. The summed E-state index contributed by atoms with van der Waals surface area (Å²) in [6, 6.07) is 0.408. The molecule has 1 atom stereocenters. The summed E-state index contributed by atoms with van der Waals surface area (Å²) in [6.45, 7) is 7.50. The van der Waals surface area contributed by atoms with Crippen molar-refractivity contribution >= 4 is 0 Å². The Hall–Kier alpha value is -0.520. The highest BCUT2D eigenvalue weighted by Gasteiger charge is 2.34. The standard InChI is InChI=1S/C14H27NO/c1-6-10-11-12-13(15-9-4)14(7-2,8-3)16-5/h1,13,15H,7-12H2,2-5H3. The summed E-state index contributed by atoms with van der Waals surface area (Å²) < 4.78 is 5.77. The van der Waals surface area contributed by atoms with Crippen molar-refractivity contribution in [3.05, 3.63) is 0 Å². The molecule has 1 N–H and O–H groups in total. The van der Waals surface area contributed by atoms with Crippen molar-refractivity contribution in [3.8, 4) is 12.3 Å². The maximum Gasteiger partial charge on any atom is 0.0825 e. The normalized spacial score (nSPS) is 13.4. The first-order valence-corrected chi connectivity index (χ1v) is 6.42. The van der Waals surface area contributed by atoms with Crippen molar-refractivity contribution in [3.63, 3.8) is 0 Å². The van der Waals surface area contributed by atoms with Gasteiger partial charge < -0.3 is 10.1 Å². The maximum atomic E-state index is 5.77. The van der Waals surface area contributed by atoms with Gasteiger partial charge >= 0.3 is 0 Å². The Bertz CT molecular complexity index is 195. The second kappa shape index (κ2) is 8.61. The molecule has 94 valence electrons. The number of terminal acetylenes is 1. The zero-order chi connectivity index (χ0) is 12.4. The minimum Gasteiger partial charge on any atom is -0.377 e. The Morgan fingerprint density at radius 2 is 1.94 bits per heavy atom. The van der Waals surface area contributed by atoms with Crippen LogP contribution in [-0.2, 0) is 4.74 Å². The number of unbranched alkanes of at least 4 members (excludes halogenated alkanes) is 1. The highest BCUT2D eigenvalue weighted by Crippen LogP contribution is 2.27. The van der Waals surface area contributed by atoms with Crippen molar-refractivity contribution in [2.75, 3.05) is 13.7 Å². The van der Waals surface area contributed by atoms with Crippen molar-refractivity contribution in [1.29, 1.82) is 0 Å². The van der Waals surface area contributed by atoms with Crippen LogP contribution in [0.2, 0.25) is 0 Å². The average Bonchev–Trinajstić information content (AvgIpc) is 2.32. The smallest absolute Gasteiger partial charge is 0.0825 e. The van der Waals surface area contributed by atoms with Gasteiger partial charge in [-0.2, -0.15) is 0 Å². The van der Waals surface area contributed by atoms with E-state index in [1.807, 2.05) is 7.11 Å². The van der Waals surface area contributed by atoms with Gasteiger partial charge in [-0.25, -0.2) is 0 Å². The van der Waals surface area contributed by atoms with Gasteiger partial charge in [-0.1, -0.05) is 20.8 Å². The molecule has 2 nitrogen and oxygen atoms in total. The fraction of sp³-hybridized carbons (Fsp3) is 0.857. The zero-order valence-corrected chi connectivity index (χ0v) is 11.3. The number of hydrogen-bond acceptors (Lipinski definition) is 2. The largest absolute Gasteiger partial charge is 0.377 e. The number of ether oxygens (including phenoxy) is 1. The van der Waals surface area contributed by atoms with Gasteiger partial charge in [0.2, 0.25) is 0 Å². The van der Waals surface area contributed by atoms with Crippen LogP contribution >= 0.6 is 0 Å². The average molecular weight is 225 g/mol. The molecule has 0 aromatic carbocycles. The van der Waals surface area contributed by atoms with Crippen LogP contribution in [-0.4, -0.2) is 25.3 Å². The van der Waals surface area contributed by atoms with Crippen molar-refractivity contribution < 1.29 is 4.74 Å². The lowest BCUT2D eigenvalue weighted by Crippen LogP contribution is -2.51. The highest BCUT2D eigenvalue weighted by atomic mass is 16.5. The maximum absolute atomic E-state index is 5.77. The van der Waals surface area contributed by atoms with Gasteiger partial charge in [0, 0.05) is 19.6 Å². The molecule has 0 aromatic heterocycles. The van der Waals surface area contributed by atoms with Gasteiger partial charge in [0.15, 0.2) is 0 Å². The van der Waals surface area contributed by atoms with E-state index in [0.29, 0.717) is 6.04 Å². The van der Waals surface area contributed by atoms with Crippen molar-refractivity contribution in [2.45, 2.75) is 64.5 Å². The minimum absolute atomic E-state index is 0.0371. The molecule has 0 aliphatic rings. The van der Waals surface area contributed by atoms with Gasteiger partial charge in [0.25, 0.3) is 0 Å². The predicted octanol–water partition coefficient (Wildman–Crippen LogP) is 2.97. The lowest BCUT2D eigenvalue weighted by molar-refractivity contribution is -0.0493. The van der Waals surface area contributed by atoms with E-state index in [4.69, 9.17) is 11.2 Å². The second-order valence-electron chi connectivity index (χ2n) is 4.18. The molecule has 0 amide bonds. The molecule has 0 saturated carbocycles. The summed E-state index contributed by atoms with van der Waals surface area (Å²) in [7, 11) is 1.82. The van der Waals surface area contributed by atoms with Crippen LogP contribution in [0.15, 0.2) is 0 Å². The molecule has 0 rings (SSSR count). The minimum atomic E-state index is -0.0371. The Balaban J connectivity index is 4.51. The lowest BCUT2D eigenvalue weighted by atomic mass is 9.85. The Morgan fingerprint density at radius 3 is 2.31 bits per heavy atom. The first-order chi connectivity index (χ1) is 7.70. The van der Waals surface area contributed by atoms with Crippen LogP contribution in [0.25, 0.3) is 0 Å². The number of hydrogen-bond donors (Lipinski definition) is 1. The van der Waals surface area contributed by atoms with E-state index in [-0.39, 0.29) is 5.60 Å². The van der Waals surface area contributed by atoms with E-state index in [2.05, 4.69) is 32.0 Å². The molecular formula is C14H27NO. The zero-order valence-electron chi connectivity index (χ0n) is 11.3. The van der Waals surface area contributed by atoms with E-state index in [9.17, 15) is 0 Å². The van der Waals surface area contributed by atoms with Crippen LogP contribution in [0, 0.1) is 12.3 Å². The molecule has 0 aliphatic carbocycles. The van der Waals surface area contributed by atoms with Gasteiger partial charge in [-0.3, -0.25) is 0 Å². The summed E-state index contributed by atoms with van der Waals surface area (Å²) in [5.74, 6) is 2.70. The summed E-state index contributed by atoms with van der Waals surface area (Å²) in [4.78, 5) is 0. The molecule has 0 saturated heterocycles. The Labute approximate surface area is 101 Å². The number of rotatable bonds is 9. The third-order valence-corrected chi connectivity index (χ3v) is 3.50. The topological polar surface area (TPSA) is 21.3 Å². The molecule has 16 heavy (non-hydrogen) atoms. The first kappa shape index (κ1) is 15.5. The van der Waals surface area contributed by atoms with Gasteiger partial charge in [0.05, 0.1) is 5.60 Å². The molecule has 2 heteroatoms. The Morgan fingerprint density at radius 1 is 1.31 bits per heavy atom. The van der Waals surface area contributed by atoms with Gasteiger partial charge in [0.1, 0.15) is 0 Å². The van der Waals surface area contributed by atoms with E-state index in [0.717, 1.165) is 38.6 Å². The molecular weight excluding hydrogens is 198 g/mol. The summed E-state index contributed by atoms with van der Waals surface area (Å²) >= 11 is 0. The number of nitrogens with one attached hydrogen (secondary N) is 1. The third-order valence-electron chi connectivity index (χ3n) is 3.50. The van der Waals surface area contributed by atoms with Crippen LogP contribution in [0.3, 0.4) is 0 Å². The third kappa shape index (κ3) is 4.15. The second-order valence-corrected chi connectivity index (χ2v) is 4.18. The molecule has 1 unspecified atom stereocenters. The molecule has 0 heterocycles. The molecule has 0 aliphatic heterocycles. The summed E-state index contributed by atoms with van der Waals surface area (Å²) in [5.41, 5.74) is -0.0371. The quantitative estimate of drug-likeness (QED) is 0.481. The van der Waals surface area contributed by atoms with E-state index < -0.39 is 0 Å². The Kier molecular flexibility index (Phi) is 8.33. The van der Waals surface area contributed by atoms with Gasteiger partial charge in [-0.05, 0) is 32.2 Å². The summed E-state index contributed by atoms with van der Waals surface area (Å²) in [6.07, 6.45) is 10.4. The SMILES string of the molecule is C#CCCCC(NCC)C(CC)(CC)OC. The molecule has 0 bridgehead atoms. The first-order valence-electron chi connectivity index (χ1n) is 6.42. The van der Waals surface area contributed by atoms with Gasteiger partial charge in [-0.15, -0.1) is 12.3 Å². The van der Waals surface area contributed by atoms with E-state index in [1.165, 1.54) is 0 Å². The van der Waals surface area contributed by atoms with Crippen LogP contribution in [0.1, 0.15) is 52.9 Å². The van der Waals surface area contributed by atoms with Crippen molar-refractivity contribution in [2.24, 2.45) is 0 Å². The fourth-order valence-electron chi connectivity index (χ4n) is 2.38. The fourth-order valence-corrected chi connectivity index (χ4v) is 2.38. The number of likely N-dealkylation sites (N-methyl/N-ethyl adjacent to an activating group) is 1. The molecule has 0 fully saturated rings. The lowest BCUT2D eigenvalue weighted by Gasteiger charge is -2.39. The number of methoxy groups -OCH3 is 1. The molecule has 0 radical (unpaired) electrons. The highest BCUT2D eigenvalue weighted by molar-refractivity contribution is 4.92. The monoisotopic (exact) mass is 225 g/mol. The van der Waals surface area contributed by atoms with Crippen LogP contribution < -0.4 is 5.32 Å². The summed E-state index contributed by atoms with van der Waals surface area (Å²) in [5, 5.41) is 3.54. The van der Waals surface area contributed by atoms with E-state index in [1.54, 1.807) is 0 Å². The van der Waals surface area contributed by atoms with Crippen LogP contribution in [0.4, 0.5) is 0 Å². The van der Waals surface area contributed by atoms with E-state index >= 15 is 0 Å². The molecule has 0 aromatic rings. The van der Waals surface area contributed by atoms with Crippen molar-refractivity contribution in [1.82, 2.24) is 5.32 Å².